The zero-order valence-corrected chi connectivity index (χ0v) is 13.3. The summed E-state index contributed by atoms with van der Waals surface area (Å²) in [6, 6.07) is 8.94. The number of nitrogens with zero attached hydrogens (tertiary/aromatic N) is 1. The fourth-order valence-corrected chi connectivity index (χ4v) is 2.51. The number of nitrogens with one attached hydrogen (secondary N) is 1. The van der Waals surface area contributed by atoms with Crippen LogP contribution in [0.4, 0.5) is 11.4 Å². The summed E-state index contributed by atoms with van der Waals surface area (Å²) in [5, 5.41) is 13.2. The van der Waals surface area contributed by atoms with Gasteiger partial charge < -0.3 is 10.1 Å². The molecule has 1 heterocycles. The van der Waals surface area contributed by atoms with Crippen LogP contribution in [0.15, 0.2) is 36.4 Å². The molecule has 2 aromatic rings. The van der Waals surface area contributed by atoms with Gasteiger partial charge in [0.2, 0.25) is 0 Å². The lowest BCUT2D eigenvalue weighted by Gasteiger charge is -2.12. The third-order valence-electron chi connectivity index (χ3n) is 2.92. The molecule has 0 saturated carbocycles. The average molecular weight is 334 g/mol. The van der Waals surface area contributed by atoms with E-state index in [1.54, 1.807) is 12.1 Å². The van der Waals surface area contributed by atoms with Crippen molar-refractivity contribution in [2.75, 3.05) is 5.32 Å². The van der Waals surface area contributed by atoms with Crippen molar-refractivity contribution in [3.63, 3.8) is 0 Å². The van der Waals surface area contributed by atoms with Gasteiger partial charge in [-0.15, -0.1) is 11.3 Å². The van der Waals surface area contributed by atoms with E-state index in [9.17, 15) is 19.7 Å². The lowest BCUT2D eigenvalue weighted by atomic mass is 10.2. The van der Waals surface area contributed by atoms with E-state index in [0.29, 0.717) is 4.88 Å². The molecule has 0 aliphatic rings. The zero-order chi connectivity index (χ0) is 17.0. The Hall–Kier alpha value is -2.74. The van der Waals surface area contributed by atoms with Gasteiger partial charge >= 0.3 is 5.97 Å². The summed E-state index contributed by atoms with van der Waals surface area (Å²) >= 11 is 1.28. The first-order valence-corrected chi connectivity index (χ1v) is 7.51. The third kappa shape index (κ3) is 4.36. The molecular formula is C15H14N2O5S. The van der Waals surface area contributed by atoms with Gasteiger partial charge in [-0.05, 0) is 32.0 Å². The molecule has 1 atom stereocenters. The molecule has 1 amide bonds. The van der Waals surface area contributed by atoms with Gasteiger partial charge in [-0.25, -0.2) is 4.79 Å². The summed E-state index contributed by atoms with van der Waals surface area (Å²) < 4.78 is 5.09. The standard InChI is InChI=1S/C15H14N2O5S/c1-9-6-7-13(23-9)15(19)22-10(2)14(18)16-11-4-3-5-12(8-11)17(20)21/h3-8,10H,1-2H3,(H,16,18). The highest BCUT2D eigenvalue weighted by Gasteiger charge is 2.20. The summed E-state index contributed by atoms with van der Waals surface area (Å²) in [4.78, 5) is 35.4. The maximum absolute atomic E-state index is 12.0. The number of esters is 1. The van der Waals surface area contributed by atoms with E-state index in [-0.39, 0.29) is 11.4 Å². The Morgan fingerprint density at radius 2 is 2.04 bits per heavy atom. The number of non-ortho nitro benzene ring substituents is 1. The molecule has 1 aromatic carbocycles. The minimum atomic E-state index is -1.02. The number of carbonyl (C=O) groups is 2. The number of rotatable bonds is 5. The smallest absolute Gasteiger partial charge is 0.349 e. The van der Waals surface area contributed by atoms with Crippen molar-refractivity contribution in [2.45, 2.75) is 20.0 Å². The number of thiophene rings is 1. The van der Waals surface area contributed by atoms with Crippen molar-refractivity contribution in [2.24, 2.45) is 0 Å². The molecule has 0 aliphatic carbocycles. The number of hydrogen-bond donors (Lipinski definition) is 1. The van der Waals surface area contributed by atoms with Gasteiger partial charge in [0.15, 0.2) is 6.10 Å². The number of hydrogen-bond acceptors (Lipinski definition) is 6. The number of amides is 1. The Morgan fingerprint density at radius 3 is 2.65 bits per heavy atom. The molecule has 1 aromatic heterocycles. The zero-order valence-electron chi connectivity index (χ0n) is 12.4. The molecule has 0 aliphatic heterocycles. The number of nitro groups is 1. The van der Waals surface area contributed by atoms with Crippen LogP contribution in [0.1, 0.15) is 21.5 Å². The Bertz CT molecular complexity index is 756. The number of ether oxygens (including phenoxy) is 1. The highest BCUT2D eigenvalue weighted by Crippen LogP contribution is 2.19. The summed E-state index contributed by atoms with van der Waals surface area (Å²) in [7, 11) is 0. The van der Waals surface area contributed by atoms with E-state index >= 15 is 0 Å². The maximum atomic E-state index is 12.0. The minimum absolute atomic E-state index is 0.137. The number of anilines is 1. The fourth-order valence-electron chi connectivity index (χ4n) is 1.76. The van der Waals surface area contributed by atoms with Gasteiger partial charge in [0, 0.05) is 22.7 Å². The second kappa shape index (κ2) is 7.01. The normalized spacial score (nSPS) is 11.6. The highest BCUT2D eigenvalue weighted by atomic mass is 32.1. The largest absolute Gasteiger partial charge is 0.448 e. The molecule has 0 fully saturated rings. The summed E-state index contributed by atoms with van der Waals surface area (Å²) in [5.41, 5.74) is 0.126. The van der Waals surface area contributed by atoms with E-state index in [1.165, 1.54) is 42.5 Å². The predicted molar refractivity (Wildman–Crippen MR) is 85.7 cm³/mol. The summed E-state index contributed by atoms with van der Waals surface area (Å²) in [6.45, 7) is 3.30. The Kier molecular flexibility index (Phi) is 5.07. The van der Waals surface area contributed by atoms with Crippen LogP contribution in [0.5, 0.6) is 0 Å². The van der Waals surface area contributed by atoms with Crippen LogP contribution in [0.2, 0.25) is 0 Å². The maximum Gasteiger partial charge on any atom is 0.349 e. The molecule has 120 valence electrons. The van der Waals surface area contributed by atoms with Crippen LogP contribution in [0.3, 0.4) is 0 Å². The van der Waals surface area contributed by atoms with Crippen molar-refractivity contribution in [1.29, 1.82) is 0 Å². The first-order chi connectivity index (χ1) is 10.9. The quantitative estimate of drug-likeness (QED) is 0.514. The molecule has 8 heteroatoms. The highest BCUT2D eigenvalue weighted by molar-refractivity contribution is 7.13. The van der Waals surface area contributed by atoms with Gasteiger partial charge in [0.1, 0.15) is 4.88 Å². The van der Waals surface area contributed by atoms with E-state index in [0.717, 1.165) is 4.88 Å². The van der Waals surface area contributed by atoms with Crippen molar-refractivity contribution < 1.29 is 19.2 Å². The molecule has 0 saturated heterocycles. The second-order valence-electron chi connectivity index (χ2n) is 4.75. The number of carbonyl (C=O) groups excluding carboxylic acids is 2. The van der Waals surface area contributed by atoms with E-state index in [4.69, 9.17) is 4.74 Å². The molecule has 0 radical (unpaired) electrons. The molecule has 23 heavy (non-hydrogen) atoms. The topological polar surface area (TPSA) is 98.5 Å². The molecule has 1 unspecified atom stereocenters. The average Bonchev–Trinajstić information content (AvgIpc) is 2.94. The Morgan fingerprint density at radius 1 is 1.30 bits per heavy atom. The van der Waals surface area contributed by atoms with Gasteiger partial charge in [0.05, 0.1) is 4.92 Å². The SMILES string of the molecule is Cc1ccc(C(=O)OC(C)C(=O)Nc2cccc([N+](=O)[O-])c2)s1. The number of benzene rings is 1. The van der Waals surface area contributed by atoms with Crippen molar-refractivity contribution in [3.8, 4) is 0 Å². The van der Waals surface area contributed by atoms with Crippen molar-refractivity contribution in [1.82, 2.24) is 0 Å². The second-order valence-corrected chi connectivity index (χ2v) is 6.04. The Labute approximate surface area is 136 Å². The van der Waals surface area contributed by atoms with Gasteiger partial charge in [-0.2, -0.15) is 0 Å². The molecule has 7 nitrogen and oxygen atoms in total. The third-order valence-corrected chi connectivity index (χ3v) is 3.90. The molecule has 0 bridgehead atoms. The van der Waals surface area contributed by atoms with Crippen LogP contribution in [0, 0.1) is 17.0 Å². The van der Waals surface area contributed by atoms with E-state index in [1.807, 2.05) is 6.92 Å². The first-order valence-electron chi connectivity index (χ1n) is 6.69. The van der Waals surface area contributed by atoms with Crippen LogP contribution in [0.25, 0.3) is 0 Å². The molecular weight excluding hydrogens is 320 g/mol. The van der Waals surface area contributed by atoms with Crippen molar-refractivity contribution in [3.05, 3.63) is 56.3 Å². The van der Waals surface area contributed by atoms with Crippen LogP contribution >= 0.6 is 11.3 Å². The monoisotopic (exact) mass is 334 g/mol. The van der Waals surface area contributed by atoms with Crippen LogP contribution in [-0.4, -0.2) is 22.9 Å². The lowest BCUT2D eigenvalue weighted by Crippen LogP contribution is -2.29. The van der Waals surface area contributed by atoms with Crippen LogP contribution < -0.4 is 5.32 Å². The molecule has 1 N–H and O–H groups in total. The molecule has 2 rings (SSSR count). The number of aryl methyl sites for hydroxylation is 1. The first kappa shape index (κ1) is 16.6. The van der Waals surface area contributed by atoms with Gasteiger partial charge in [-0.3, -0.25) is 14.9 Å². The van der Waals surface area contributed by atoms with E-state index < -0.39 is 22.9 Å². The van der Waals surface area contributed by atoms with E-state index in [2.05, 4.69) is 5.32 Å². The Balaban J connectivity index is 1.98. The summed E-state index contributed by atoms with van der Waals surface area (Å²) in [6.07, 6.45) is -1.02. The minimum Gasteiger partial charge on any atom is -0.448 e. The van der Waals surface area contributed by atoms with Crippen LogP contribution in [-0.2, 0) is 9.53 Å². The van der Waals surface area contributed by atoms with Crippen molar-refractivity contribution >= 4 is 34.6 Å². The van der Waals surface area contributed by atoms with Gasteiger partial charge in [0.25, 0.3) is 11.6 Å². The molecule has 0 spiro atoms. The summed E-state index contributed by atoms with van der Waals surface area (Å²) in [5.74, 6) is -1.14. The lowest BCUT2D eigenvalue weighted by molar-refractivity contribution is -0.384. The van der Waals surface area contributed by atoms with Gasteiger partial charge in [-0.1, -0.05) is 6.07 Å². The predicted octanol–water partition coefficient (Wildman–Crippen LogP) is 3.15. The number of nitro benzene ring substituents is 1. The fraction of sp³-hybridized carbons (Fsp3) is 0.200.